The number of fused-ring (bicyclic) bond motifs is 6. The third-order valence-corrected chi connectivity index (χ3v) is 6.15. The highest BCUT2D eigenvalue weighted by Gasteiger charge is 2.14. The molecule has 0 spiro atoms. The molecule has 3 aromatic carbocycles. The molecule has 5 rings (SSSR count). The highest BCUT2D eigenvalue weighted by molar-refractivity contribution is 6.32. The van der Waals surface area contributed by atoms with Crippen LogP contribution in [0.5, 0.6) is 0 Å². The van der Waals surface area contributed by atoms with E-state index in [1.165, 1.54) is 5.56 Å². The molecule has 2 heterocycles. The van der Waals surface area contributed by atoms with Crippen molar-refractivity contribution < 1.29 is 4.79 Å². The summed E-state index contributed by atoms with van der Waals surface area (Å²) in [6.45, 7) is 0. The van der Waals surface area contributed by atoms with E-state index in [2.05, 4.69) is 38.1 Å². The van der Waals surface area contributed by atoms with Crippen LogP contribution in [0.4, 0.5) is 34.5 Å². The minimum Gasteiger partial charge on any atom is -0.378 e. The van der Waals surface area contributed by atoms with Gasteiger partial charge in [0.05, 0.1) is 6.20 Å². The van der Waals surface area contributed by atoms with Crippen molar-refractivity contribution in [3.63, 3.8) is 0 Å². The lowest BCUT2D eigenvalue weighted by molar-refractivity contribution is 0.102. The largest absolute Gasteiger partial charge is 0.378 e. The number of anilines is 6. The Labute approximate surface area is 209 Å². The van der Waals surface area contributed by atoms with E-state index in [-0.39, 0.29) is 5.91 Å². The summed E-state index contributed by atoms with van der Waals surface area (Å²) < 4.78 is 0. The van der Waals surface area contributed by atoms with Gasteiger partial charge in [0.25, 0.3) is 5.91 Å². The Bertz CT molecular complexity index is 1390. The van der Waals surface area contributed by atoms with Gasteiger partial charge in [0.2, 0.25) is 5.95 Å². The van der Waals surface area contributed by atoms with E-state index >= 15 is 0 Å². The molecule has 176 valence electrons. The fourth-order valence-electron chi connectivity index (χ4n) is 3.97. The van der Waals surface area contributed by atoms with Crippen LogP contribution in [0.3, 0.4) is 0 Å². The van der Waals surface area contributed by atoms with Gasteiger partial charge in [-0.25, -0.2) is 4.98 Å². The maximum absolute atomic E-state index is 13.0. The molecule has 0 fully saturated rings. The summed E-state index contributed by atoms with van der Waals surface area (Å²) in [5.41, 5.74) is 6.32. The molecule has 0 atom stereocenters. The Balaban J connectivity index is 1.48. The summed E-state index contributed by atoms with van der Waals surface area (Å²) >= 11 is 6.36. The third-order valence-electron chi connectivity index (χ3n) is 5.87. The minimum atomic E-state index is -0.148. The molecule has 35 heavy (non-hydrogen) atoms. The topological polar surface area (TPSA) is 82.2 Å². The monoisotopic (exact) mass is 484 g/mol. The number of halogens is 1. The molecule has 0 saturated carbocycles. The minimum absolute atomic E-state index is 0.148. The number of rotatable bonds is 3. The second-order valence-corrected chi connectivity index (χ2v) is 9.02. The molecule has 0 aliphatic carbocycles. The number of nitrogens with one attached hydrogen (secondary N) is 3. The third kappa shape index (κ3) is 5.20. The maximum atomic E-state index is 13.0. The summed E-state index contributed by atoms with van der Waals surface area (Å²) in [7, 11) is 3.94. The van der Waals surface area contributed by atoms with E-state index in [1.807, 2.05) is 73.6 Å². The van der Waals surface area contributed by atoms with Crippen molar-refractivity contribution in [2.75, 3.05) is 34.9 Å². The van der Waals surface area contributed by atoms with Crippen LogP contribution in [0.25, 0.3) is 0 Å². The maximum Gasteiger partial charge on any atom is 0.255 e. The highest BCUT2D eigenvalue weighted by atomic mass is 35.5. The molecular weight excluding hydrogens is 460 g/mol. The zero-order chi connectivity index (χ0) is 24.4. The van der Waals surface area contributed by atoms with Crippen LogP contribution in [-0.4, -0.2) is 30.0 Å². The molecule has 1 aromatic heterocycles. The fourth-order valence-corrected chi connectivity index (χ4v) is 4.11. The number of benzene rings is 3. The first kappa shape index (κ1) is 22.7. The van der Waals surface area contributed by atoms with E-state index in [0.29, 0.717) is 22.4 Å². The fraction of sp³-hybridized carbons (Fsp3) is 0.148. The van der Waals surface area contributed by atoms with Crippen LogP contribution >= 0.6 is 11.6 Å². The first-order valence-electron chi connectivity index (χ1n) is 11.3. The van der Waals surface area contributed by atoms with Crippen LogP contribution < -0.4 is 20.9 Å². The summed E-state index contributed by atoms with van der Waals surface area (Å²) in [6, 6.07) is 21.5. The quantitative estimate of drug-likeness (QED) is 0.329. The summed E-state index contributed by atoms with van der Waals surface area (Å²) in [6.07, 6.45) is 3.11. The zero-order valence-corrected chi connectivity index (χ0v) is 20.2. The molecular formula is C27H25ClN6O. The van der Waals surface area contributed by atoms with E-state index in [9.17, 15) is 4.79 Å². The zero-order valence-electron chi connectivity index (χ0n) is 19.5. The molecule has 0 saturated heterocycles. The van der Waals surface area contributed by atoms with Crippen molar-refractivity contribution in [1.29, 1.82) is 0 Å². The van der Waals surface area contributed by atoms with Crippen molar-refractivity contribution >= 4 is 52.0 Å². The Morgan fingerprint density at radius 1 is 0.971 bits per heavy atom. The number of hydrogen-bond acceptors (Lipinski definition) is 6. The molecule has 6 bridgehead atoms. The molecule has 8 heteroatoms. The van der Waals surface area contributed by atoms with E-state index in [0.717, 1.165) is 41.2 Å². The molecule has 7 nitrogen and oxygen atoms in total. The first-order chi connectivity index (χ1) is 16.9. The lowest BCUT2D eigenvalue weighted by Gasteiger charge is -2.15. The van der Waals surface area contributed by atoms with Gasteiger partial charge in [0.15, 0.2) is 5.82 Å². The first-order valence-corrected chi connectivity index (χ1v) is 11.7. The predicted octanol–water partition coefficient (Wildman–Crippen LogP) is 6.03. The number of nitrogens with zero attached hydrogens (tertiary/aromatic N) is 3. The van der Waals surface area contributed by atoms with Gasteiger partial charge in [-0.05, 0) is 78.6 Å². The Morgan fingerprint density at radius 2 is 1.77 bits per heavy atom. The Hall–Kier alpha value is -4.10. The predicted molar refractivity (Wildman–Crippen MR) is 143 cm³/mol. The van der Waals surface area contributed by atoms with Crippen molar-refractivity contribution in [3.8, 4) is 0 Å². The second kappa shape index (κ2) is 9.64. The van der Waals surface area contributed by atoms with E-state index in [4.69, 9.17) is 11.6 Å². The van der Waals surface area contributed by atoms with Crippen molar-refractivity contribution in [2.45, 2.75) is 12.8 Å². The summed E-state index contributed by atoms with van der Waals surface area (Å²) in [5, 5.41) is 10.0. The number of aromatic nitrogens is 2. The average molecular weight is 485 g/mol. The van der Waals surface area contributed by atoms with Crippen LogP contribution in [0, 0.1) is 0 Å². The summed E-state index contributed by atoms with van der Waals surface area (Å²) in [4.78, 5) is 23.8. The molecule has 0 radical (unpaired) electrons. The Kier molecular flexibility index (Phi) is 6.25. The van der Waals surface area contributed by atoms with Crippen LogP contribution in [-0.2, 0) is 12.8 Å². The van der Waals surface area contributed by atoms with Gasteiger partial charge in [-0.2, -0.15) is 4.98 Å². The van der Waals surface area contributed by atoms with Crippen molar-refractivity contribution in [1.82, 2.24) is 9.97 Å². The number of aryl methyl sites for hydroxylation is 2. The lowest BCUT2D eigenvalue weighted by atomic mass is 10.0. The SMILES string of the molecule is CN(C)c1ccc(C(=O)Nc2ccc3cc2CCc2cccc(c2)Nc2ncc(Cl)c(n2)N3)cc1. The second-order valence-electron chi connectivity index (χ2n) is 8.61. The Morgan fingerprint density at radius 3 is 2.57 bits per heavy atom. The van der Waals surface area contributed by atoms with Gasteiger partial charge in [0, 0.05) is 42.4 Å². The molecule has 1 aliphatic heterocycles. The molecule has 3 N–H and O–H groups in total. The van der Waals surface area contributed by atoms with Crippen LogP contribution in [0.15, 0.2) is 72.9 Å². The van der Waals surface area contributed by atoms with Gasteiger partial charge >= 0.3 is 0 Å². The number of carbonyl (C=O) groups is 1. The number of carbonyl (C=O) groups excluding carboxylic acids is 1. The number of hydrogen-bond donors (Lipinski definition) is 3. The van der Waals surface area contributed by atoms with Crippen LogP contribution in [0.2, 0.25) is 5.02 Å². The molecule has 4 aromatic rings. The standard InChI is InChI=1S/C27H25ClN6O/c1-34(2)22-11-8-18(9-12-22)26(35)32-24-13-10-21-15-19(24)7-6-17-4-3-5-20(14-17)31-27-29-16-23(28)25(30-21)33-27/h3-5,8-16H,6-7H2,1-2H3,(H,32,35)(H2,29,30,31,33). The van der Waals surface area contributed by atoms with Gasteiger partial charge in [-0.15, -0.1) is 0 Å². The number of amides is 1. The van der Waals surface area contributed by atoms with Crippen molar-refractivity contribution in [3.05, 3.63) is 94.6 Å². The smallest absolute Gasteiger partial charge is 0.255 e. The lowest BCUT2D eigenvalue weighted by Crippen LogP contribution is -2.14. The molecule has 1 aliphatic rings. The highest BCUT2D eigenvalue weighted by Crippen LogP contribution is 2.29. The molecule has 0 unspecified atom stereocenters. The normalized spacial score (nSPS) is 12.2. The van der Waals surface area contributed by atoms with Gasteiger partial charge in [-0.3, -0.25) is 4.79 Å². The van der Waals surface area contributed by atoms with E-state index in [1.54, 1.807) is 6.20 Å². The van der Waals surface area contributed by atoms with Gasteiger partial charge < -0.3 is 20.9 Å². The molecule has 1 amide bonds. The van der Waals surface area contributed by atoms with Gasteiger partial charge in [0.1, 0.15) is 5.02 Å². The van der Waals surface area contributed by atoms with Crippen LogP contribution in [0.1, 0.15) is 21.5 Å². The van der Waals surface area contributed by atoms with E-state index < -0.39 is 0 Å². The average Bonchev–Trinajstić information content (AvgIpc) is 2.86. The summed E-state index contributed by atoms with van der Waals surface area (Å²) in [5.74, 6) is 0.811. The van der Waals surface area contributed by atoms with Gasteiger partial charge in [-0.1, -0.05) is 23.7 Å². The van der Waals surface area contributed by atoms with Crippen molar-refractivity contribution in [2.24, 2.45) is 0 Å².